The molecule has 0 aliphatic heterocycles. The molecule has 0 aliphatic carbocycles. The molecule has 68 valence electrons. The first-order chi connectivity index (χ1) is 5.13. The van der Waals surface area contributed by atoms with Gasteiger partial charge in [0.2, 0.25) is 0 Å². The summed E-state index contributed by atoms with van der Waals surface area (Å²) in [5, 5.41) is 0. The van der Waals surface area contributed by atoms with Crippen molar-refractivity contribution in [1.29, 1.82) is 0 Å². The fourth-order valence-electron chi connectivity index (χ4n) is 0.350. The highest BCUT2D eigenvalue weighted by Crippen LogP contribution is 2.04. The fraction of sp³-hybridized carbons (Fsp3) is 0.778. The van der Waals surface area contributed by atoms with Crippen LogP contribution >= 0.6 is 0 Å². The smallest absolute Gasteiger partial charge is 0.119 e. The monoisotopic (exact) mass is 159 g/mol. The van der Waals surface area contributed by atoms with Gasteiger partial charge in [0.25, 0.3) is 0 Å². The van der Waals surface area contributed by atoms with Crippen molar-refractivity contribution >= 4 is 0 Å². The minimum atomic E-state index is 0.826. The van der Waals surface area contributed by atoms with E-state index in [0.29, 0.717) is 0 Å². The van der Waals surface area contributed by atoms with Gasteiger partial charge in [-0.05, 0) is 25.8 Å². The topological polar surface area (TPSA) is 35.2 Å². The standard InChI is InChI=1S/C6H13NO.C3H8/c1-4-5(2)6(3)8-7;1-3-2/h4,7H2,1-3H3;3H2,1-2H3/b6-5-;. The number of allylic oxidation sites excluding steroid dienone is 2. The van der Waals surface area contributed by atoms with Crippen molar-refractivity contribution in [2.24, 2.45) is 5.90 Å². The molecule has 0 fully saturated rings. The van der Waals surface area contributed by atoms with E-state index in [0.717, 1.165) is 12.2 Å². The lowest BCUT2D eigenvalue weighted by Crippen LogP contribution is -1.97. The van der Waals surface area contributed by atoms with Crippen molar-refractivity contribution < 1.29 is 4.84 Å². The first-order valence-electron chi connectivity index (χ1n) is 4.16. The zero-order chi connectivity index (χ0) is 9.28. The molecule has 0 saturated heterocycles. The second-order valence-corrected chi connectivity index (χ2v) is 2.52. The Hall–Kier alpha value is -0.500. The Bertz CT molecular complexity index is 96.1. The molecule has 0 saturated carbocycles. The minimum Gasteiger partial charge on any atom is -0.416 e. The van der Waals surface area contributed by atoms with E-state index in [1.807, 2.05) is 13.8 Å². The van der Waals surface area contributed by atoms with E-state index < -0.39 is 0 Å². The largest absolute Gasteiger partial charge is 0.416 e. The molecular weight excluding hydrogens is 138 g/mol. The molecule has 0 unspecified atom stereocenters. The second kappa shape index (κ2) is 9.50. The summed E-state index contributed by atoms with van der Waals surface area (Å²) in [7, 11) is 0. The van der Waals surface area contributed by atoms with Gasteiger partial charge >= 0.3 is 0 Å². The van der Waals surface area contributed by atoms with E-state index >= 15 is 0 Å². The molecule has 2 N–H and O–H groups in total. The van der Waals surface area contributed by atoms with Crippen LogP contribution in [0.5, 0.6) is 0 Å². The van der Waals surface area contributed by atoms with Crippen LogP contribution in [0, 0.1) is 0 Å². The average Bonchev–Trinajstić information content (AvgIpc) is 2.03. The molecule has 11 heavy (non-hydrogen) atoms. The maximum atomic E-state index is 4.89. The van der Waals surface area contributed by atoms with Crippen LogP contribution in [-0.2, 0) is 4.84 Å². The van der Waals surface area contributed by atoms with Crippen LogP contribution in [0.15, 0.2) is 11.3 Å². The Morgan fingerprint density at radius 2 is 1.55 bits per heavy atom. The van der Waals surface area contributed by atoms with Gasteiger partial charge in [-0.15, -0.1) is 0 Å². The lowest BCUT2D eigenvalue weighted by molar-refractivity contribution is 0.218. The molecule has 0 spiro atoms. The molecular formula is C9H21NO. The molecule has 0 radical (unpaired) electrons. The van der Waals surface area contributed by atoms with Crippen LogP contribution in [0.4, 0.5) is 0 Å². The van der Waals surface area contributed by atoms with Crippen LogP contribution in [0.3, 0.4) is 0 Å². The van der Waals surface area contributed by atoms with Crippen molar-refractivity contribution in [2.45, 2.75) is 47.5 Å². The first-order valence-corrected chi connectivity index (χ1v) is 4.16. The third-order valence-corrected chi connectivity index (χ3v) is 1.31. The van der Waals surface area contributed by atoms with Crippen molar-refractivity contribution in [3.05, 3.63) is 11.3 Å². The SMILES string of the molecule is CC/C(C)=C(/C)ON.CCC. The molecule has 0 bridgehead atoms. The van der Waals surface area contributed by atoms with Crippen molar-refractivity contribution in [3.8, 4) is 0 Å². The summed E-state index contributed by atoms with van der Waals surface area (Å²) < 4.78 is 0. The van der Waals surface area contributed by atoms with Crippen LogP contribution in [-0.4, -0.2) is 0 Å². The highest BCUT2D eigenvalue weighted by Gasteiger charge is 1.90. The van der Waals surface area contributed by atoms with Crippen molar-refractivity contribution in [1.82, 2.24) is 0 Å². The lowest BCUT2D eigenvalue weighted by atomic mass is 10.2. The van der Waals surface area contributed by atoms with Gasteiger partial charge in [0, 0.05) is 0 Å². The van der Waals surface area contributed by atoms with Crippen LogP contribution in [0.1, 0.15) is 47.5 Å². The predicted molar refractivity (Wildman–Crippen MR) is 49.9 cm³/mol. The summed E-state index contributed by atoms with van der Waals surface area (Å²) >= 11 is 0. The molecule has 0 aromatic carbocycles. The van der Waals surface area contributed by atoms with Gasteiger partial charge in [0.15, 0.2) is 0 Å². The average molecular weight is 159 g/mol. The summed E-state index contributed by atoms with van der Waals surface area (Å²) in [6.07, 6.45) is 2.25. The van der Waals surface area contributed by atoms with E-state index in [2.05, 4.69) is 25.6 Å². The highest BCUT2D eigenvalue weighted by atomic mass is 16.6. The van der Waals surface area contributed by atoms with Gasteiger partial charge in [-0.25, -0.2) is 0 Å². The number of nitrogens with two attached hydrogens (primary N) is 1. The van der Waals surface area contributed by atoms with E-state index in [1.165, 1.54) is 12.0 Å². The Morgan fingerprint density at radius 1 is 1.18 bits per heavy atom. The van der Waals surface area contributed by atoms with Crippen molar-refractivity contribution in [2.75, 3.05) is 0 Å². The number of rotatable bonds is 2. The third kappa shape index (κ3) is 9.50. The molecule has 0 atom stereocenters. The van der Waals surface area contributed by atoms with Gasteiger partial charge in [-0.3, -0.25) is 0 Å². The molecule has 0 aromatic heterocycles. The first kappa shape index (κ1) is 13.1. The molecule has 2 heteroatoms. The highest BCUT2D eigenvalue weighted by molar-refractivity contribution is 5.01. The normalized spacial score (nSPS) is 11.1. The summed E-state index contributed by atoms with van der Waals surface area (Å²) in [5.41, 5.74) is 1.20. The van der Waals surface area contributed by atoms with Gasteiger partial charge < -0.3 is 4.84 Å². The van der Waals surface area contributed by atoms with Gasteiger partial charge in [0.1, 0.15) is 5.76 Å². The molecule has 0 heterocycles. The molecule has 0 aliphatic rings. The van der Waals surface area contributed by atoms with Crippen LogP contribution in [0.25, 0.3) is 0 Å². The summed E-state index contributed by atoms with van der Waals surface area (Å²) in [4.78, 5) is 4.48. The third-order valence-electron chi connectivity index (χ3n) is 1.31. The van der Waals surface area contributed by atoms with E-state index in [4.69, 9.17) is 5.90 Å². The fourth-order valence-corrected chi connectivity index (χ4v) is 0.350. The Labute approximate surface area is 70.4 Å². The molecule has 0 aromatic rings. The second-order valence-electron chi connectivity index (χ2n) is 2.52. The van der Waals surface area contributed by atoms with E-state index in [1.54, 1.807) is 0 Å². The minimum absolute atomic E-state index is 0.826. The van der Waals surface area contributed by atoms with E-state index in [9.17, 15) is 0 Å². The van der Waals surface area contributed by atoms with Crippen LogP contribution < -0.4 is 5.90 Å². The van der Waals surface area contributed by atoms with Crippen molar-refractivity contribution in [3.63, 3.8) is 0 Å². The number of hydrogen-bond donors (Lipinski definition) is 1. The molecule has 2 nitrogen and oxygen atoms in total. The summed E-state index contributed by atoms with van der Waals surface area (Å²) in [5.74, 6) is 5.72. The molecule has 0 rings (SSSR count). The predicted octanol–water partition coefficient (Wildman–Crippen LogP) is 3.00. The quantitative estimate of drug-likeness (QED) is 0.496. The lowest BCUT2D eigenvalue weighted by Gasteiger charge is -2.00. The maximum absolute atomic E-state index is 4.89. The summed E-state index contributed by atoms with van der Waals surface area (Å²) in [6, 6.07) is 0. The summed E-state index contributed by atoms with van der Waals surface area (Å²) in [6.45, 7) is 10.2. The maximum Gasteiger partial charge on any atom is 0.119 e. The Morgan fingerprint density at radius 3 is 1.64 bits per heavy atom. The Kier molecular flexibility index (Phi) is 11.3. The van der Waals surface area contributed by atoms with Gasteiger partial charge in [-0.2, -0.15) is 5.90 Å². The Balaban J connectivity index is 0. The zero-order valence-corrected chi connectivity index (χ0v) is 8.40. The van der Waals surface area contributed by atoms with Gasteiger partial charge in [0.05, 0.1) is 0 Å². The van der Waals surface area contributed by atoms with Crippen LogP contribution in [0.2, 0.25) is 0 Å². The van der Waals surface area contributed by atoms with Gasteiger partial charge in [-0.1, -0.05) is 27.2 Å². The number of hydrogen-bond acceptors (Lipinski definition) is 2. The molecule has 0 amide bonds. The van der Waals surface area contributed by atoms with E-state index in [-0.39, 0.29) is 0 Å². The zero-order valence-electron chi connectivity index (χ0n) is 8.40.